The number of aryl methyl sites for hydroxylation is 2. The zero-order valence-electron chi connectivity index (χ0n) is 22.6. The van der Waals surface area contributed by atoms with Crippen LogP contribution in [-0.2, 0) is 9.59 Å². The third-order valence-electron chi connectivity index (χ3n) is 8.60. The number of carbonyl (C=O) groups is 2. The van der Waals surface area contributed by atoms with Gasteiger partial charge in [-0.15, -0.1) is 9.24 Å². The van der Waals surface area contributed by atoms with E-state index in [0.717, 1.165) is 71.9 Å². The Morgan fingerprint density at radius 3 is 2.44 bits per heavy atom. The molecule has 2 aliphatic heterocycles. The van der Waals surface area contributed by atoms with E-state index in [9.17, 15) is 18.5 Å². The molecule has 2 unspecified atom stereocenters. The third kappa shape index (κ3) is 5.71. The highest BCUT2D eigenvalue weighted by Crippen LogP contribution is 2.37. The van der Waals surface area contributed by atoms with Crippen LogP contribution in [0.2, 0.25) is 0 Å². The summed E-state index contributed by atoms with van der Waals surface area (Å²) in [6, 6.07) is 9.19. The number of hydrogen-bond acceptors (Lipinski definition) is 3. The number of piperidine rings is 2. The van der Waals surface area contributed by atoms with E-state index in [1.54, 1.807) is 37.4 Å². The molecule has 3 aromatic rings. The van der Waals surface area contributed by atoms with Gasteiger partial charge in [-0.25, -0.2) is 4.39 Å². The van der Waals surface area contributed by atoms with Crippen molar-refractivity contribution in [1.82, 2.24) is 14.6 Å². The highest BCUT2D eigenvalue weighted by Gasteiger charge is 2.34. The van der Waals surface area contributed by atoms with E-state index in [2.05, 4.69) is 14.1 Å². The summed E-state index contributed by atoms with van der Waals surface area (Å²) >= 11 is 0. The Bertz CT molecular complexity index is 1380. The molecule has 0 bridgehead atoms. The number of halogens is 2. The Hall–Kier alpha value is -2.89. The van der Waals surface area contributed by atoms with E-state index >= 15 is 0 Å². The van der Waals surface area contributed by atoms with Gasteiger partial charge in [-0.05, 0) is 105 Å². The fraction of sp³-hybridized carbons (Fsp3) is 0.419. The Balaban J connectivity index is 1.16. The molecule has 5 rings (SSSR count). The molecule has 0 spiro atoms. The largest absolute Gasteiger partial charge is 0.339 e. The molecule has 0 radical (unpaired) electrons. The van der Waals surface area contributed by atoms with Crippen LogP contribution in [-0.4, -0.2) is 59.0 Å². The average Bonchev–Trinajstić information content (AvgIpc) is 3.29. The molecule has 1 aromatic heterocycles. The van der Waals surface area contributed by atoms with Crippen LogP contribution in [0.3, 0.4) is 0 Å². The Morgan fingerprint density at radius 1 is 1.05 bits per heavy atom. The number of likely N-dealkylation sites (tertiary alicyclic amines) is 2. The van der Waals surface area contributed by atoms with Gasteiger partial charge in [0, 0.05) is 36.1 Å². The molecule has 2 atom stereocenters. The number of amides is 1. The van der Waals surface area contributed by atoms with Crippen LogP contribution in [0, 0.1) is 25.6 Å². The van der Waals surface area contributed by atoms with E-state index < -0.39 is 0 Å². The summed E-state index contributed by atoms with van der Waals surface area (Å²) in [7, 11) is 2.39. The van der Waals surface area contributed by atoms with Crippen molar-refractivity contribution >= 4 is 43.7 Å². The fourth-order valence-electron chi connectivity index (χ4n) is 6.42. The van der Waals surface area contributed by atoms with Crippen molar-refractivity contribution in [2.75, 3.05) is 26.2 Å². The second-order valence-corrected chi connectivity index (χ2v) is 11.7. The van der Waals surface area contributed by atoms with Gasteiger partial charge in [0.15, 0.2) is 0 Å². The lowest BCUT2D eigenvalue weighted by Gasteiger charge is -2.41. The number of fused-ring (bicyclic) bond motifs is 1. The monoisotopic (exact) mass is 551 g/mol. The van der Waals surface area contributed by atoms with Gasteiger partial charge in [-0.3, -0.25) is 9.69 Å². The highest BCUT2D eigenvalue weighted by atomic mass is 31.0. The van der Waals surface area contributed by atoms with Crippen LogP contribution in [0.4, 0.5) is 8.87 Å². The van der Waals surface area contributed by atoms with Crippen molar-refractivity contribution in [2.45, 2.75) is 51.5 Å². The van der Waals surface area contributed by atoms with Gasteiger partial charge in [-0.2, -0.15) is 4.79 Å². The minimum atomic E-state index is -0.248. The summed E-state index contributed by atoms with van der Waals surface area (Å²) in [5, 5.41) is 1.47. The number of nitrogens with zero attached hydrogens (tertiary/aromatic N) is 3. The maximum absolute atomic E-state index is 14.6. The number of hydrogen-bond donors (Lipinski definition) is 0. The summed E-state index contributed by atoms with van der Waals surface area (Å²) in [5.41, 5.74) is 3.97. The minimum Gasteiger partial charge on any atom is -0.339 e. The van der Waals surface area contributed by atoms with Gasteiger partial charge in [0.05, 0.1) is 11.6 Å². The first kappa shape index (κ1) is 27.7. The standard InChI is InChI=1S/C31H36F2N3O2P/c1-20-4-3-5-25-26(18-36(33)31(20)25)23-8-12-34(13-9-23)27(19-37)24-10-14-35(15-11-24)29(38)7-6-22-16-21(2)30(32)28(39)17-22/h3-7,16-19,23-24,27H,8-15,39H2,1-2H3/b7-6+. The molecule has 2 aromatic carbocycles. The maximum Gasteiger partial charge on any atom is 0.246 e. The second-order valence-electron chi connectivity index (χ2n) is 11.0. The van der Waals surface area contributed by atoms with Crippen molar-refractivity contribution in [1.29, 1.82) is 0 Å². The second kappa shape index (κ2) is 11.7. The van der Waals surface area contributed by atoms with Crippen molar-refractivity contribution in [3.8, 4) is 0 Å². The lowest BCUT2D eigenvalue weighted by molar-refractivity contribution is -0.128. The number of rotatable bonds is 6. The molecule has 1 amide bonds. The van der Waals surface area contributed by atoms with E-state index in [-0.39, 0.29) is 29.6 Å². The van der Waals surface area contributed by atoms with Crippen molar-refractivity contribution in [3.05, 3.63) is 70.7 Å². The number of aromatic nitrogens is 1. The van der Waals surface area contributed by atoms with Crippen molar-refractivity contribution in [3.63, 3.8) is 0 Å². The zero-order valence-corrected chi connectivity index (χ0v) is 23.7. The van der Waals surface area contributed by atoms with Crippen LogP contribution in [0.1, 0.15) is 53.9 Å². The Morgan fingerprint density at radius 2 is 1.77 bits per heavy atom. The van der Waals surface area contributed by atoms with Gasteiger partial charge in [0.2, 0.25) is 5.91 Å². The van der Waals surface area contributed by atoms with E-state index in [0.29, 0.717) is 29.5 Å². The van der Waals surface area contributed by atoms with Gasteiger partial charge >= 0.3 is 0 Å². The molecule has 39 heavy (non-hydrogen) atoms. The van der Waals surface area contributed by atoms with Gasteiger partial charge in [0.25, 0.3) is 0 Å². The number of para-hydroxylation sites is 1. The highest BCUT2D eigenvalue weighted by molar-refractivity contribution is 7.27. The predicted octanol–water partition coefficient (Wildman–Crippen LogP) is 5.33. The van der Waals surface area contributed by atoms with Crippen LogP contribution in [0.5, 0.6) is 0 Å². The van der Waals surface area contributed by atoms with E-state index in [1.807, 2.05) is 30.0 Å². The molecule has 2 saturated heterocycles. The first-order valence-electron chi connectivity index (χ1n) is 13.8. The molecule has 0 aliphatic carbocycles. The SMILES string of the molecule is Cc1cc(/C=C/C(=O)N2CCC(C(C=O)N3CCC(c4cn(F)c5c(C)cccc45)CC3)CC2)cc(P)c1F. The molecule has 2 aliphatic rings. The van der Waals surface area contributed by atoms with Crippen molar-refractivity contribution in [2.24, 2.45) is 5.92 Å². The topological polar surface area (TPSA) is 45.6 Å². The number of aldehydes is 1. The smallest absolute Gasteiger partial charge is 0.246 e. The van der Waals surface area contributed by atoms with E-state index in [1.165, 1.54) is 0 Å². The molecule has 2 fully saturated rings. The third-order valence-corrected chi connectivity index (χ3v) is 9.02. The Labute approximate surface area is 231 Å². The molecule has 0 saturated carbocycles. The first-order valence-corrected chi connectivity index (χ1v) is 14.3. The summed E-state index contributed by atoms with van der Waals surface area (Å²) in [5.74, 6) is 0.170. The maximum atomic E-state index is 14.6. The van der Waals surface area contributed by atoms with Crippen LogP contribution in [0.15, 0.2) is 42.6 Å². The predicted molar refractivity (Wildman–Crippen MR) is 155 cm³/mol. The lowest BCUT2D eigenvalue weighted by atomic mass is 9.85. The molecule has 8 heteroatoms. The molecular weight excluding hydrogens is 515 g/mol. The van der Waals surface area contributed by atoms with Crippen LogP contribution < -0.4 is 5.30 Å². The average molecular weight is 552 g/mol. The van der Waals surface area contributed by atoms with Gasteiger partial charge in [0.1, 0.15) is 12.1 Å². The normalized spacial score (nSPS) is 18.7. The molecular formula is C31H36F2N3O2P. The first-order chi connectivity index (χ1) is 18.8. The quantitative estimate of drug-likeness (QED) is 0.236. The number of benzene rings is 2. The molecule has 206 valence electrons. The number of carbonyl (C=O) groups excluding carboxylic acids is 2. The molecule has 0 N–H and O–H groups in total. The lowest BCUT2D eigenvalue weighted by Crippen LogP contribution is -2.49. The van der Waals surface area contributed by atoms with Crippen LogP contribution >= 0.6 is 9.24 Å². The summed E-state index contributed by atoms with van der Waals surface area (Å²) < 4.78 is 28.5. The Kier molecular flexibility index (Phi) is 8.29. The molecule has 5 nitrogen and oxygen atoms in total. The zero-order chi connectivity index (χ0) is 27.7. The van der Waals surface area contributed by atoms with E-state index in [4.69, 9.17) is 0 Å². The summed E-state index contributed by atoms with van der Waals surface area (Å²) in [4.78, 5) is 29.9. The van der Waals surface area contributed by atoms with Gasteiger partial charge in [-0.1, -0.05) is 22.7 Å². The molecule has 3 heterocycles. The fourth-order valence-corrected chi connectivity index (χ4v) is 6.84. The summed E-state index contributed by atoms with van der Waals surface area (Å²) in [6.45, 7) is 6.47. The van der Waals surface area contributed by atoms with Crippen LogP contribution in [0.25, 0.3) is 17.0 Å². The summed E-state index contributed by atoms with van der Waals surface area (Å²) in [6.07, 6.45) is 9.33. The van der Waals surface area contributed by atoms with Gasteiger partial charge < -0.3 is 9.69 Å². The van der Waals surface area contributed by atoms with Crippen molar-refractivity contribution < 1.29 is 18.5 Å². The minimum absolute atomic E-state index is 0.0635.